The third-order valence-corrected chi connectivity index (χ3v) is 5.89. The minimum Gasteiger partial charge on any atom is -0.493 e. The van der Waals surface area contributed by atoms with Crippen molar-refractivity contribution in [2.45, 2.75) is 39.3 Å². The van der Waals surface area contributed by atoms with Crippen molar-refractivity contribution in [3.8, 4) is 11.5 Å². The number of methoxy groups -OCH3 is 1. The SMILES string of the molecule is COc1cc(C(=O)N2CCC[C@H](C)[C@@H]2CN)ccc1OCc1csc(C)n1. The van der Waals surface area contributed by atoms with Crippen LogP contribution in [0.5, 0.6) is 11.5 Å². The predicted octanol–water partition coefficient (Wildman–Crippen LogP) is 3.24. The van der Waals surface area contributed by atoms with Crippen molar-refractivity contribution in [1.82, 2.24) is 9.88 Å². The van der Waals surface area contributed by atoms with E-state index in [1.807, 2.05) is 17.2 Å². The standard InChI is InChI=1S/C20H27N3O3S/c1-13-5-4-8-23(17(13)10-21)20(24)15-6-7-18(19(9-15)25-3)26-11-16-12-27-14(2)22-16/h6-7,9,12-13,17H,4-5,8,10-11,21H2,1-3H3/t13-,17-/m0/s1. The molecule has 0 aliphatic carbocycles. The van der Waals surface area contributed by atoms with Gasteiger partial charge in [-0.2, -0.15) is 0 Å². The summed E-state index contributed by atoms with van der Waals surface area (Å²) in [6, 6.07) is 5.41. The van der Waals surface area contributed by atoms with Gasteiger partial charge in [0.2, 0.25) is 0 Å². The van der Waals surface area contributed by atoms with E-state index >= 15 is 0 Å². The van der Waals surface area contributed by atoms with E-state index in [2.05, 4.69) is 11.9 Å². The van der Waals surface area contributed by atoms with Gasteiger partial charge in [0.05, 0.1) is 17.8 Å². The number of benzene rings is 1. The molecule has 7 heteroatoms. The van der Waals surface area contributed by atoms with E-state index in [0.29, 0.717) is 36.1 Å². The van der Waals surface area contributed by atoms with Crippen molar-refractivity contribution in [2.75, 3.05) is 20.2 Å². The van der Waals surface area contributed by atoms with E-state index in [0.717, 1.165) is 30.1 Å². The maximum absolute atomic E-state index is 13.0. The molecule has 1 aliphatic heterocycles. The van der Waals surface area contributed by atoms with Crippen LogP contribution in [0.4, 0.5) is 0 Å². The summed E-state index contributed by atoms with van der Waals surface area (Å²) in [7, 11) is 1.58. The first kappa shape index (κ1) is 19.6. The number of aryl methyl sites for hydroxylation is 1. The zero-order chi connectivity index (χ0) is 19.4. The van der Waals surface area contributed by atoms with Crippen LogP contribution >= 0.6 is 11.3 Å². The van der Waals surface area contributed by atoms with Crippen LogP contribution in [0, 0.1) is 12.8 Å². The molecular formula is C20H27N3O3S. The minimum atomic E-state index is -0.00280. The molecule has 1 saturated heterocycles. The van der Waals surface area contributed by atoms with Gasteiger partial charge in [-0.3, -0.25) is 4.79 Å². The van der Waals surface area contributed by atoms with Crippen LogP contribution in [0.2, 0.25) is 0 Å². The van der Waals surface area contributed by atoms with Gasteiger partial charge >= 0.3 is 0 Å². The van der Waals surface area contributed by atoms with Crippen LogP contribution in [0.25, 0.3) is 0 Å². The van der Waals surface area contributed by atoms with Crippen molar-refractivity contribution in [3.63, 3.8) is 0 Å². The van der Waals surface area contributed by atoms with Crippen molar-refractivity contribution in [2.24, 2.45) is 11.7 Å². The van der Waals surface area contributed by atoms with Crippen molar-refractivity contribution < 1.29 is 14.3 Å². The summed E-state index contributed by atoms with van der Waals surface area (Å²) >= 11 is 1.59. The number of amides is 1. The van der Waals surface area contributed by atoms with E-state index in [1.165, 1.54) is 0 Å². The first-order valence-corrected chi connectivity index (χ1v) is 10.1. The monoisotopic (exact) mass is 389 g/mol. The van der Waals surface area contributed by atoms with Gasteiger partial charge in [-0.05, 0) is 43.9 Å². The van der Waals surface area contributed by atoms with Crippen LogP contribution in [0.3, 0.4) is 0 Å². The fraction of sp³-hybridized carbons (Fsp3) is 0.500. The average molecular weight is 390 g/mol. The first-order chi connectivity index (χ1) is 13.0. The second kappa shape index (κ2) is 8.71. The molecule has 0 bridgehead atoms. The van der Waals surface area contributed by atoms with Gasteiger partial charge in [-0.15, -0.1) is 11.3 Å². The average Bonchev–Trinajstić information content (AvgIpc) is 3.10. The number of hydrogen-bond donors (Lipinski definition) is 1. The molecule has 1 aromatic heterocycles. The number of thiazole rings is 1. The Bertz CT molecular complexity index is 793. The number of carbonyl (C=O) groups excluding carboxylic acids is 1. The highest BCUT2D eigenvalue weighted by Gasteiger charge is 2.31. The number of likely N-dealkylation sites (tertiary alicyclic amines) is 1. The molecule has 1 aliphatic rings. The molecule has 0 radical (unpaired) electrons. The van der Waals surface area contributed by atoms with Crippen molar-refractivity contribution in [1.29, 1.82) is 0 Å². The third-order valence-electron chi connectivity index (χ3n) is 5.07. The first-order valence-electron chi connectivity index (χ1n) is 9.26. The summed E-state index contributed by atoms with van der Waals surface area (Å²) in [4.78, 5) is 19.3. The summed E-state index contributed by atoms with van der Waals surface area (Å²) in [5.41, 5.74) is 7.41. The summed E-state index contributed by atoms with van der Waals surface area (Å²) in [6.45, 7) is 5.72. The van der Waals surface area contributed by atoms with Gasteiger partial charge in [0.1, 0.15) is 6.61 Å². The number of ether oxygens (including phenoxy) is 2. The van der Waals surface area contributed by atoms with E-state index in [1.54, 1.807) is 36.6 Å². The van der Waals surface area contributed by atoms with E-state index in [9.17, 15) is 4.79 Å². The molecule has 0 unspecified atom stereocenters. The van der Waals surface area contributed by atoms with E-state index in [-0.39, 0.29) is 11.9 Å². The lowest BCUT2D eigenvalue weighted by Gasteiger charge is -2.39. The Balaban J connectivity index is 1.75. The van der Waals surface area contributed by atoms with Crippen LogP contribution in [-0.4, -0.2) is 42.0 Å². The maximum Gasteiger partial charge on any atom is 0.254 e. The Labute approximate surface area is 164 Å². The number of piperidine rings is 1. The van der Waals surface area contributed by atoms with Crippen LogP contribution in [0.1, 0.15) is 40.8 Å². The molecule has 0 spiro atoms. The Morgan fingerprint density at radius 3 is 2.89 bits per heavy atom. The fourth-order valence-corrected chi connectivity index (χ4v) is 4.17. The number of aromatic nitrogens is 1. The molecule has 2 heterocycles. The van der Waals surface area contributed by atoms with Gasteiger partial charge in [0.25, 0.3) is 5.91 Å². The number of hydrogen-bond acceptors (Lipinski definition) is 6. The Morgan fingerprint density at radius 1 is 1.41 bits per heavy atom. The van der Waals surface area contributed by atoms with Crippen molar-refractivity contribution in [3.05, 3.63) is 39.8 Å². The summed E-state index contributed by atoms with van der Waals surface area (Å²) < 4.78 is 11.3. The molecule has 6 nitrogen and oxygen atoms in total. The molecule has 0 saturated carbocycles. The molecule has 2 atom stereocenters. The molecule has 2 aromatic rings. The number of nitrogens with zero attached hydrogens (tertiary/aromatic N) is 2. The van der Waals surface area contributed by atoms with Crippen LogP contribution in [0.15, 0.2) is 23.6 Å². The summed E-state index contributed by atoms with van der Waals surface area (Å²) in [5, 5.41) is 2.98. The largest absolute Gasteiger partial charge is 0.493 e. The highest BCUT2D eigenvalue weighted by Crippen LogP contribution is 2.31. The molecular weight excluding hydrogens is 362 g/mol. The van der Waals surface area contributed by atoms with Gasteiger partial charge in [-0.1, -0.05) is 6.92 Å². The second-order valence-corrected chi connectivity index (χ2v) is 8.00. The number of nitrogens with two attached hydrogens (primary N) is 1. The highest BCUT2D eigenvalue weighted by molar-refractivity contribution is 7.09. The normalized spacial score (nSPS) is 19.8. The molecule has 1 amide bonds. The Hall–Kier alpha value is -2.12. The Morgan fingerprint density at radius 2 is 2.22 bits per heavy atom. The zero-order valence-corrected chi connectivity index (χ0v) is 16.9. The zero-order valence-electron chi connectivity index (χ0n) is 16.1. The molecule has 1 aromatic carbocycles. The lowest BCUT2D eigenvalue weighted by atomic mass is 9.90. The Kier molecular flexibility index (Phi) is 6.34. The molecule has 3 rings (SSSR count). The molecule has 2 N–H and O–H groups in total. The third kappa shape index (κ3) is 4.42. The number of rotatable bonds is 6. The van der Waals surface area contributed by atoms with Gasteiger partial charge in [-0.25, -0.2) is 4.98 Å². The quantitative estimate of drug-likeness (QED) is 0.821. The minimum absolute atomic E-state index is 0.00280. The van der Waals surface area contributed by atoms with Gasteiger partial charge < -0.3 is 20.1 Å². The molecule has 27 heavy (non-hydrogen) atoms. The summed E-state index contributed by atoms with van der Waals surface area (Å²) in [5.74, 6) is 1.56. The van der Waals surface area contributed by atoms with E-state index in [4.69, 9.17) is 15.2 Å². The summed E-state index contributed by atoms with van der Waals surface area (Å²) in [6.07, 6.45) is 2.12. The lowest BCUT2D eigenvalue weighted by Crippen LogP contribution is -2.51. The lowest BCUT2D eigenvalue weighted by molar-refractivity contribution is 0.0532. The number of carbonyl (C=O) groups is 1. The van der Waals surface area contributed by atoms with Crippen LogP contribution < -0.4 is 15.2 Å². The van der Waals surface area contributed by atoms with Crippen LogP contribution in [-0.2, 0) is 6.61 Å². The van der Waals surface area contributed by atoms with Gasteiger partial charge in [0.15, 0.2) is 11.5 Å². The predicted molar refractivity (Wildman–Crippen MR) is 106 cm³/mol. The maximum atomic E-state index is 13.0. The van der Waals surface area contributed by atoms with Gasteiger partial charge in [0, 0.05) is 30.1 Å². The topological polar surface area (TPSA) is 77.7 Å². The highest BCUT2D eigenvalue weighted by atomic mass is 32.1. The van der Waals surface area contributed by atoms with Crippen molar-refractivity contribution >= 4 is 17.2 Å². The van der Waals surface area contributed by atoms with E-state index < -0.39 is 0 Å². The molecule has 1 fully saturated rings. The molecule has 146 valence electrons. The fourth-order valence-electron chi connectivity index (χ4n) is 3.57. The smallest absolute Gasteiger partial charge is 0.254 e. The second-order valence-electron chi connectivity index (χ2n) is 6.93.